The number of likely N-dealkylation sites (N-methyl/N-ethyl adjacent to an activating group) is 1. The average Bonchev–Trinajstić information content (AvgIpc) is 2.42. The molecule has 0 aliphatic carbocycles. The van der Waals surface area contributed by atoms with Crippen molar-refractivity contribution < 1.29 is 0 Å². The Morgan fingerprint density at radius 1 is 1.35 bits per heavy atom. The molecule has 1 heterocycles. The number of rotatable bonds is 4. The van der Waals surface area contributed by atoms with Crippen LogP contribution in [-0.2, 0) is 0 Å². The van der Waals surface area contributed by atoms with Crippen molar-refractivity contribution in [2.75, 3.05) is 33.7 Å². The minimum Gasteiger partial charge on any atom is -0.329 e. The van der Waals surface area contributed by atoms with E-state index in [9.17, 15) is 0 Å². The third kappa shape index (κ3) is 3.66. The Balaban J connectivity index is 2.14. The third-order valence-electron chi connectivity index (χ3n) is 4.30. The molecule has 0 aromatic heterocycles. The summed E-state index contributed by atoms with van der Waals surface area (Å²) in [6, 6.07) is 6.38. The molecule has 1 aliphatic heterocycles. The maximum Gasteiger partial charge on any atom is 0.0485 e. The normalized spacial score (nSPS) is 19.5. The molecule has 2 rings (SSSR count). The lowest BCUT2D eigenvalue weighted by Crippen LogP contribution is -2.45. The van der Waals surface area contributed by atoms with Crippen molar-refractivity contribution in [3.8, 4) is 0 Å². The van der Waals surface area contributed by atoms with Crippen LogP contribution < -0.4 is 5.73 Å². The molecule has 0 amide bonds. The highest BCUT2D eigenvalue weighted by molar-refractivity contribution is 6.35. The van der Waals surface area contributed by atoms with Crippen LogP contribution >= 0.6 is 23.2 Å². The lowest BCUT2D eigenvalue weighted by atomic mass is 9.98. The zero-order valence-electron chi connectivity index (χ0n) is 12.1. The summed E-state index contributed by atoms with van der Waals surface area (Å²) in [6.07, 6.45) is 2.35. The van der Waals surface area contributed by atoms with Crippen molar-refractivity contribution in [1.29, 1.82) is 0 Å². The van der Waals surface area contributed by atoms with Crippen molar-refractivity contribution in [3.05, 3.63) is 33.8 Å². The highest BCUT2D eigenvalue weighted by Crippen LogP contribution is 2.31. The number of likely N-dealkylation sites (tertiary alicyclic amines) is 1. The van der Waals surface area contributed by atoms with Gasteiger partial charge in [-0.2, -0.15) is 0 Å². The molecule has 20 heavy (non-hydrogen) atoms. The Bertz CT molecular complexity index is 445. The van der Waals surface area contributed by atoms with E-state index in [1.165, 1.54) is 12.8 Å². The summed E-state index contributed by atoms with van der Waals surface area (Å²) in [5.41, 5.74) is 7.07. The first kappa shape index (κ1) is 16.1. The minimum absolute atomic E-state index is 0.146. The van der Waals surface area contributed by atoms with Gasteiger partial charge in [-0.1, -0.05) is 29.3 Å². The van der Waals surface area contributed by atoms with E-state index in [0.717, 1.165) is 18.7 Å². The lowest BCUT2D eigenvalue weighted by molar-refractivity contribution is 0.109. The van der Waals surface area contributed by atoms with Crippen LogP contribution in [0.25, 0.3) is 0 Å². The van der Waals surface area contributed by atoms with Crippen LogP contribution in [0.2, 0.25) is 10.0 Å². The standard InChI is InChI=1S/C15H23Cl2N3/c1-19-7-5-12(6-8-19)20(2)15(10-18)13-4-3-11(16)9-14(13)17/h3-4,9,12,15H,5-8,10,18H2,1-2H3. The van der Waals surface area contributed by atoms with E-state index in [2.05, 4.69) is 23.9 Å². The maximum absolute atomic E-state index is 6.33. The third-order valence-corrected chi connectivity index (χ3v) is 4.86. The molecule has 5 heteroatoms. The van der Waals surface area contributed by atoms with Crippen molar-refractivity contribution in [2.24, 2.45) is 5.73 Å². The van der Waals surface area contributed by atoms with Crippen molar-refractivity contribution in [3.63, 3.8) is 0 Å². The van der Waals surface area contributed by atoms with Gasteiger partial charge in [0.25, 0.3) is 0 Å². The number of piperidine rings is 1. The van der Waals surface area contributed by atoms with Crippen molar-refractivity contribution in [1.82, 2.24) is 9.80 Å². The largest absolute Gasteiger partial charge is 0.329 e. The molecule has 1 fully saturated rings. The smallest absolute Gasteiger partial charge is 0.0485 e. The van der Waals surface area contributed by atoms with Crippen LogP contribution in [0.5, 0.6) is 0 Å². The van der Waals surface area contributed by atoms with Crippen LogP contribution in [0.1, 0.15) is 24.4 Å². The van der Waals surface area contributed by atoms with Crippen LogP contribution in [0.3, 0.4) is 0 Å². The maximum atomic E-state index is 6.33. The zero-order chi connectivity index (χ0) is 14.7. The molecular formula is C15H23Cl2N3. The quantitative estimate of drug-likeness (QED) is 0.927. The second kappa shape index (κ2) is 7.10. The highest BCUT2D eigenvalue weighted by Gasteiger charge is 2.27. The van der Waals surface area contributed by atoms with Gasteiger partial charge < -0.3 is 10.6 Å². The van der Waals surface area contributed by atoms with E-state index >= 15 is 0 Å². The molecule has 1 aliphatic rings. The Hall–Kier alpha value is -0.320. The molecule has 0 bridgehead atoms. The molecule has 0 spiro atoms. The predicted molar refractivity (Wildman–Crippen MR) is 86.5 cm³/mol. The molecule has 3 nitrogen and oxygen atoms in total. The van der Waals surface area contributed by atoms with Crippen molar-refractivity contribution in [2.45, 2.75) is 24.9 Å². The van der Waals surface area contributed by atoms with Gasteiger partial charge in [0.15, 0.2) is 0 Å². The van der Waals surface area contributed by atoms with Gasteiger partial charge in [0, 0.05) is 28.7 Å². The Labute approximate surface area is 131 Å². The second-order valence-electron chi connectivity index (χ2n) is 5.62. The average molecular weight is 316 g/mol. The number of halogens is 2. The van der Waals surface area contributed by atoms with E-state index in [0.29, 0.717) is 22.6 Å². The summed E-state index contributed by atoms with van der Waals surface area (Å²) in [4.78, 5) is 4.75. The van der Waals surface area contributed by atoms with E-state index in [1.54, 1.807) is 6.07 Å². The first-order chi connectivity index (χ1) is 9.52. The first-order valence-corrected chi connectivity index (χ1v) is 7.84. The van der Waals surface area contributed by atoms with Gasteiger partial charge in [-0.3, -0.25) is 4.90 Å². The first-order valence-electron chi connectivity index (χ1n) is 7.08. The van der Waals surface area contributed by atoms with Gasteiger partial charge in [0.2, 0.25) is 0 Å². The number of benzene rings is 1. The highest BCUT2D eigenvalue weighted by atomic mass is 35.5. The summed E-state index contributed by atoms with van der Waals surface area (Å²) in [7, 11) is 4.32. The van der Waals surface area contributed by atoms with Gasteiger partial charge in [-0.05, 0) is 57.7 Å². The molecule has 1 atom stereocenters. The molecule has 1 aromatic carbocycles. The predicted octanol–water partition coefficient (Wildman–Crippen LogP) is 3.02. The molecule has 1 saturated heterocycles. The second-order valence-corrected chi connectivity index (χ2v) is 6.46. The van der Waals surface area contributed by atoms with Crippen LogP contribution in [-0.4, -0.2) is 49.6 Å². The zero-order valence-corrected chi connectivity index (χ0v) is 13.7. The summed E-state index contributed by atoms with van der Waals surface area (Å²) in [5.74, 6) is 0. The van der Waals surface area contributed by atoms with Crippen LogP contribution in [0.15, 0.2) is 18.2 Å². The number of hydrogen-bond acceptors (Lipinski definition) is 3. The molecule has 0 saturated carbocycles. The van der Waals surface area contributed by atoms with Gasteiger partial charge >= 0.3 is 0 Å². The molecule has 112 valence electrons. The van der Waals surface area contributed by atoms with Crippen molar-refractivity contribution >= 4 is 23.2 Å². The topological polar surface area (TPSA) is 32.5 Å². The number of nitrogens with two attached hydrogens (primary N) is 1. The van der Waals surface area contributed by atoms with E-state index in [-0.39, 0.29) is 6.04 Å². The lowest BCUT2D eigenvalue weighted by Gasteiger charge is -2.39. The van der Waals surface area contributed by atoms with E-state index < -0.39 is 0 Å². The fourth-order valence-electron chi connectivity index (χ4n) is 2.94. The van der Waals surface area contributed by atoms with Gasteiger partial charge in [0.1, 0.15) is 0 Å². The molecule has 2 N–H and O–H groups in total. The van der Waals surface area contributed by atoms with Crippen LogP contribution in [0, 0.1) is 0 Å². The summed E-state index contributed by atoms with van der Waals surface area (Å²) in [5, 5.41) is 1.36. The number of nitrogens with zero attached hydrogens (tertiary/aromatic N) is 2. The van der Waals surface area contributed by atoms with E-state index in [1.807, 2.05) is 12.1 Å². The SMILES string of the molecule is CN1CCC(N(C)C(CN)c2ccc(Cl)cc2Cl)CC1. The molecule has 1 unspecified atom stereocenters. The number of hydrogen-bond donors (Lipinski definition) is 1. The molecule has 0 radical (unpaired) electrons. The fourth-order valence-corrected chi connectivity index (χ4v) is 3.48. The minimum atomic E-state index is 0.146. The van der Waals surface area contributed by atoms with E-state index in [4.69, 9.17) is 28.9 Å². The Morgan fingerprint density at radius 2 is 2.00 bits per heavy atom. The van der Waals surface area contributed by atoms with Crippen LogP contribution in [0.4, 0.5) is 0 Å². The monoisotopic (exact) mass is 315 g/mol. The Kier molecular flexibility index (Phi) is 5.70. The summed E-state index contributed by atoms with van der Waals surface area (Å²) < 4.78 is 0. The Morgan fingerprint density at radius 3 is 2.55 bits per heavy atom. The fraction of sp³-hybridized carbons (Fsp3) is 0.600. The summed E-state index contributed by atoms with van der Waals surface area (Å²) in [6.45, 7) is 2.84. The summed E-state index contributed by atoms with van der Waals surface area (Å²) >= 11 is 12.3. The van der Waals surface area contributed by atoms with Gasteiger partial charge in [-0.25, -0.2) is 0 Å². The van der Waals surface area contributed by atoms with Gasteiger partial charge in [-0.15, -0.1) is 0 Å². The molecule has 1 aromatic rings. The molecular weight excluding hydrogens is 293 g/mol. The van der Waals surface area contributed by atoms with Gasteiger partial charge in [0.05, 0.1) is 0 Å².